The highest BCUT2D eigenvalue weighted by atomic mass is 16.6. The number of aliphatic imine (C=N–C) groups is 1. The Morgan fingerprint density at radius 3 is 1.95 bits per heavy atom. The molecule has 1 aliphatic rings. The van der Waals surface area contributed by atoms with E-state index in [-0.39, 0.29) is 18.9 Å². The number of hydrogen-bond acceptors (Lipinski definition) is 8. The zero-order chi connectivity index (χ0) is 31.9. The van der Waals surface area contributed by atoms with Gasteiger partial charge in [-0.25, -0.2) is 19.3 Å². The summed E-state index contributed by atoms with van der Waals surface area (Å²) in [5.41, 5.74) is 1.87. The Hall–Kier alpha value is -4.74. The van der Waals surface area contributed by atoms with Crippen LogP contribution < -0.4 is 5.32 Å². The molecule has 2 aromatic carbocycles. The predicted molar refractivity (Wildman–Crippen MR) is 157 cm³/mol. The second-order valence-electron chi connectivity index (χ2n) is 11.9. The predicted octanol–water partition coefficient (Wildman–Crippen LogP) is 5.49. The van der Waals surface area contributed by atoms with Gasteiger partial charge in [0, 0.05) is 12.3 Å². The van der Waals surface area contributed by atoms with Crippen LogP contribution >= 0.6 is 0 Å². The van der Waals surface area contributed by atoms with Crippen LogP contribution in [0.5, 0.6) is 0 Å². The number of fused-ring (bicyclic) bond motifs is 3. The molecule has 0 saturated carbocycles. The highest BCUT2D eigenvalue weighted by molar-refractivity contribution is 6.06. The van der Waals surface area contributed by atoms with Crippen molar-refractivity contribution in [3.63, 3.8) is 0 Å². The van der Waals surface area contributed by atoms with E-state index in [4.69, 9.17) is 14.2 Å². The average Bonchev–Trinajstić information content (AvgIpc) is 3.20. The summed E-state index contributed by atoms with van der Waals surface area (Å²) >= 11 is 0. The topological polar surface area (TPSA) is 161 Å². The molecule has 3 amide bonds. The van der Waals surface area contributed by atoms with Crippen molar-refractivity contribution in [1.29, 1.82) is 0 Å². The molecule has 0 spiro atoms. The fourth-order valence-corrected chi connectivity index (χ4v) is 4.48. The van der Waals surface area contributed by atoms with E-state index in [0.717, 1.165) is 22.3 Å². The van der Waals surface area contributed by atoms with Gasteiger partial charge < -0.3 is 24.1 Å². The number of carbonyl (C=O) groups excluding carboxylic acids is 4. The van der Waals surface area contributed by atoms with Crippen molar-refractivity contribution < 1.29 is 43.3 Å². The van der Waals surface area contributed by atoms with Gasteiger partial charge in [-0.05, 0) is 70.2 Å². The summed E-state index contributed by atoms with van der Waals surface area (Å²) in [6.07, 6.45) is -3.99. The Balaban J connectivity index is 2.00. The van der Waals surface area contributed by atoms with E-state index in [9.17, 15) is 29.1 Å². The molecule has 0 heterocycles. The third-order valence-electron chi connectivity index (χ3n) is 6.11. The molecule has 0 bridgehead atoms. The minimum absolute atomic E-state index is 0.167. The molecule has 43 heavy (non-hydrogen) atoms. The normalized spacial score (nSPS) is 13.7. The molecule has 0 saturated heterocycles. The molecule has 0 fully saturated rings. The first-order valence-electron chi connectivity index (χ1n) is 13.7. The van der Waals surface area contributed by atoms with E-state index >= 15 is 0 Å². The number of rotatable bonds is 7. The Labute approximate surface area is 250 Å². The van der Waals surface area contributed by atoms with Crippen LogP contribution in [0, 0.1) is 0 Å². The number of guanidine groups is 1. The maximum absolute atomic E-state index is 13.7. The molecule has 12 nitrogen and oxygen atoms in total. The van der Waals surface area contributed by atoms with E-state index in [1.54, 1.807) is 41.5 Å². The summed E-state index contributed by atoms with van der Waals surface area (Å²) in [5.74, 6) is -2.30. The fraction of sp³-hybridized carbons (Fsp3) is 0.419. The minimum atomic E-state index is -1.48. The number of aliphatic carboxylic acids is 1. The first-order valence-corrected chi connectivity index (χ1v) is 13.7. The summed E-state index contributed by atoms with van der Waals surface area (Å²) in [4.78, 5) is 67.2. The summed E-state index contributed by atoms with van der Waals surface area (Å²) in [5, 5.41) is 11.5. The number of aldehydes is 1. The zero-order valence-corrected chi connectivity index (χ0v) is 25.1. The highest BCUT2D eigenvalue weighted by Gasteiger charge is 2.35. The van der Waals surface area contributed by atoms with E-state index in [0.29, 0.717) is 11.2 Å². The van der Waals surface area contributed by atoms with Crippen LogP contribution in [-0.4, -0.2) is 70.4 Å². The minimum Gasteiger partial charge on any atom is -0.481 e. The molecular weight excluding hydrogens is 558 g/mol. The van der Waals surface area contributed by atoms with Crippen LogP contribution in [0.4, 0.5) is 14.4 Å². The van der Waals surface area contributed by atoms with Crippen LogP contribution in [0.2, 0.25) is 0 Å². The van der Waals surface area contributed by atoms with Crippen molar-refractivity contribution in [3.8, 4) is 11.1 Å². The fourth-order valence-electron chi connectivity index (χ4n) is 4.48. The van der Waals surface area contributed by atoms with E-state index < -0.39 is 53.9 Å². The smallest absolute Gasteiger partial charge is 0.437 e. The van der Waals surface area contributed by atoms with Gasteiger partial charge in [-0.15, -0.1) is 4.99 Å². The van der Waals surface area contributed by atoms with E-state index in [1.165, 1.54) is 0 Å². The lowest BCUT2D eigenvalue weighted by Gasteiger charge is -2.29. The van der Waals surface area contributed by atoms with Crippen molar-refractivity contribution in [2.45, 2.75) is 77.5 Å². The van der Waals surface area contributed by atoms with Crippen molar-refractivity contribution in [1.82, 2.24) is 10.2 Å². The number of amides is 3. The molecule has 230 valence electrons. The van der Waals surface area contributed by atoms with Gasteiger partial charge in [0.1, 0.15) is 24.1 Å². The molecule has 1 atom stereocenters. The number of carboxylic acid groups (broad SMARTS) is 1. The average molecular weight is 596 g/mol. The standard InChI is InChI=1S/C31H37N3O9/c1-30(2,3)42-27(38)32-26(33-28(39)43-31(4,5)6)34(19(17-35)15-16-25(36)37)29(40)41-18-24-22-13-9-7-11-20(22)21-12-8-10-14-23(21)24/h7-14,17,19,24H,15-16,18H2,1-6H3,(H,36,37)(H,32,33,38,39)/t19-/m0/s1. The molecule has 0 radical (unpaired) electrons. The van der Waals surface area contributed by atoms with Crippen molar-refractivity contribution in [2.75, 3.05) is 6.61 Å². The Bertz CT molecular complexity index is 1360. The van der Waals surface area contributed by atoms with E-state index in [1.807, 2.05) is 48.5 Å². The molecule has 12 heteroatoms. The number of nitrogens with one attached hydrogen (secondary N) is 1. The van der Waals surface area contributed by atoms with Crippen LogP contribution in [0.15, 0.2) is 53.5 Å². The van der Waals surface area contributed by atoms with Crippen molar-refractivity contribution in [2.24, 2.45) is 4.99 Å². The van der Waals surface area contributed by atoms with Gasteiger partial charge in [-0.2, -0.15) is 0 Å². The van der Waals surface area contributed by atoms with E-state index in [2.05, 4.69) is 10.3 Å². The van der Waals surface area contributed by atoms with Crippen LogP contribution in [0.3, 0.4) is 0 Å². The van der Waals surface area contributed by atoms with Gasteiger partial charge in [0.2, 0.25) is 5.96 Å². The van der Waals surface area contributed by atoms with Gasteiger partial charge in [-0.3, -0.25) is 10.1 Å². The molecule has 0 aromatic heterocycles. The quantitative estimate of drug-likeness (QED) is 0.183. The van der Waals surface area contributed by atoms with Gasteiger partial charge in [0.05, 0.1) is 6.04 Å². The molecule has 0 unspecified atom stereocenters. The first kappa shape index (κ1) is 32.8. The number of hydrogen-bond donors (Lipinski definition) is 2. The number of ether oxygens (including phenoxy) is 3. The van der Waals surface area contributed by atoms with Gasteiger partial charge in [0.25, 0.3) is 0 Å². The monoisotopic (exact) mass is 595 g/mol. The number of alkyl carbamates (subject to hydrolysis) is 1. The van der Waals surface area contributed by atoms with Crippen LogP contribution in [0.1, 0.15) is 71.4 Å². The second-order valence-corrected chi connectivity index (χ2v) is 11.9. The summed E-state index contributed by atoms with van der Waals surface area (Å²) < 4.78 is 16.2. The lowest BCUT2D eigenvalue weighted by atomic mass is 9.98. The Morgan fingerprint density at radius 2 is 1.47 bits per heavy atom. The van der Waals surface area contributed by atoms with Gasteiger partial charge in [0.15, 0.2) is 0 Å². The third kappa shape index (κ3) is 9.12. The van der Waals surface area contributed by atoms with Crippen molar-refractivity contribution >= 4 is 36.5 Å². The number of carboxylic acids is 1. The molecule has 3 rings (SSSR count). The molecule has 2 N–H and O–H groups in total. The largest absolute Gasteiger partial charge is 0.481 e. The maximum Gasteiger partial charge on any atom is 0.437 e. The third-order valence-corrected chi connectivity index (χ3v) is 6.11. The molecular formula is C31H37N3O9. The maximum atomic E-state index is 13.7. The Kier molecular flexibility index (Phi) is 10.3. The highest BCUT2D eigenvalue weighted by Crippen LogP contribution is 2.44. The number of carbonyl (C=O) groups is 5. The number of nitrogens with zero attached hydrogens (tertiary/aromatic N) is 2. The van der Waals surface area contributed by atoms with Crippen LogP contribution in [-0.2, 0) is 23.8 Å². The molecule has 0 aliphatic heterocycles. The molecule has 1 aliphatic carbocycles. The lowest BCUT2D eigenvalue weighted by molar-refractivity contribution is -0.137. The summed E-state index contributed by atoms with van der Waals surface area (Å²) in [6.45, 7) is 9.40. The van der Waals surface area contributed by atoms with Crippen molar-refractivity contribution in [3.05, 3.63) is 59.7 Å². The zero-order valence-electron chi connectivity index (χ0n) is 25.1. The van der Waals surface area contributed by atoms with Gasteiger partial charge >= 0.3 is 24.2 Å². The second kappa shape index (κ2) is 13.5. The molecule has 2 aromatic rings. The SMILES string of the molecule is CC(C)(C)OC(=O)/N=C(/NC(=O)OC(C)(C)C)N(C(=O)OCC1c2ccccc2-c2ccccc21)[C@H](C=O)CCC(=O)O. The first-order chi connectivity index (χ1) is 20.1. The van der Waals surface area contributed by atoms with Gasteiger partial charge in [-0.1, -0.05) is 48.5 Å². The summed E-state index contributed by atoms with van der Waals surface area (Å²) in [6, 6.07) is 13.9. The summed E-state index contributed by atoms with van der Waals surface area (Å²) in [7, 11) is 0. The number of benzene rings is 2. The Morgan fingerprint density at radius 1 is 0.930 bits per heavy atom. The lowest BCUT2D eigenvalue weighted by Crippen LogP contribution is -2.54. The van der Waals surface area contributed by atoms with Crippen LogP contribution in [0.25, 0.3) is 11.1 Å².